The van der Waals surface area contributed by atoms with Crippen LogP contribution in [-0.2, 0) is 14.3 Å². The van der Waals surface area contributed by atoms with Crippen molar-refractivity contribution in [3.05, 3.63) is 59.7 Å². The Balaban J connectivity index is 1.47. The molecule has 1 aromatic carbocycles. The van der Waals surface area contributed by atoms with Crippen molar-refractivity contribution in [3.63, 3.8) is 0 Å². The zero-order chi connectivity index (χ0) is 20.9. The summed E-state index contributed by atoms with van der Waals surface area (Å²) >= 11 is 0. The van der Waals surface area contributed by atoms with Gasteiger partial charge in [0.1, 0.15) is 12.2 Å². The molecule has 0 N–H and O–H groups in total. The molecule has 4 nitrogen and oxygen atoms in total. The van der Waals surface area contributed by atoms with Crippen molar-refractivity contribution in [1.82, 2.24) is 0 Å². The van der Waals surface area contributed by atoms with Gasteiger partial charge in [-0.15, -0.1) is 0 Å². The molecular formula is C25H30O4. The monoisotopic (exact) mass is 394 g/mol. The summed E-state index contributed by atoms with van der Waals surface area (Å²) in [7, 11) is 0. The molecule has 29 heavy (non-hydrogen) atoms. The summed E-state index contributed by atoms with van der Waals surface area (Å²) < 4.78 is 11.4. The third-order valence-electron chi connectivity index (χ3n) is 7.32. The molecule has 3 aliphatic rings. The molecular weight excluding hydrogens is 364 g/mol. The van der Waals surface area contributed by atoms with Crippen LogP contribution in [0.3, 0.4) is 0 Å². The Hall–Kier alpha value is -2.36. The van der Waals surface area contributed by atoms with Crippen molar-refractivity contribution in [3.8, 4) is 0 Å². The van der Waals surface area contributed by atoms with E-state index < -0.39 is 0 Å². The van der Waals surface area contributed by atoms with Crippen molar-refractivity contribution in [2.45, 2.75) is 64.6 Å². The van der Waals surface area contributed by atoms with E-state index in [9.17, 15) is 9.59 Å². The minimum absolute atomic E-state index is 0.0188. The summed E-state index contributed by atoms with van der Waals surface area (Å²) in [5.41, 5.74) is 3.34. The molecule has 3 fully saturated rings. The Labute approximate surface area is 173 Å². The lowest BCUT2D eigenvalue weighted by molar-refractivity contribution is -0.142. The van der Waals surface area contributed by atoms with E-state index in [4.69, 9.17) is 9.47 Å². The molecule has 1 saturated heterocycles. The number of rotatable bonds is 3. The maximum absolute atomic E-state index is 12.7. The summed E-state index contributed by atoms with van der Waals surface area (Å²) in [4.78, 5) is 24.7. The molecule has 1 aliphatic heterocycles. The van der Waals surface area contributed by atoms with Crippen molar-refractivity contribution in [1.29, 1.82) is 0 Å². The maximum atomic E-state index is 12.7. The van der Waals surface area contributed by atoms with Crippen molar-refractivity contribution >= 4 is 11.9 Å². The van der Waals surface area contributed by atoms with Gasteiger partial charge in [0.05, 0.1) is 5.56 Å². The first-order valence-corrected chi connectivity index (χ1v) is 10.6. The quantitative estimate of drug-likeness (QED) is 0.402. The predicted molar refractivity (Wildman–Crippen MR) is 111 cm³/mol. The molecule has 0 bridgehead atoms. The zero-order valence-corrected chi connectivity index (χ0v) is 17.6. The lowest BCUT2D eigenvalue weighted by atomic mass is 9.55. The fraction of sp³-hybridized carbons (Fsp3) is 0.520. The van der Waals surface area contributed by atoms with Crippen LogP contribution < -0.4 is 0 Å². The van der Waals surface area contributed by atoms with Crippen LogP contribution in [0, 0.1) is 17.3 Å². The average molecular weight is 395 g/mol. The van der Waals surface area contributed by atoms with Crippen LogP contribution >= 0.6 is 0 Å². The minimum Gasteiger partial charge on any atom is -0.458 e. The first kappa shape index (κ1) is 19.9. The van der Waals surface area contributed by atoms with Gasteiger partial charge in [-0.2, -0.15) is 0 Å². The van der Waals surface area contributed by atoms with Gasteiger partial charge in [0.25, 0.3) is 0 Å². The summed E-state index contributed by atoms with van der Waals surface area (Å²) in [6.07, 6.45) is 2.95. The van der Waals surface area contributed by atoms with Crippen molar-refractivity contribution in [2.24, 2.45) is 17.3 Å². The van der Waals surface area contributed by atoms with Gasteiger partial charge in [0, 0.05) is 11.5 Å². The first-order valence-electron chi connectivity index (χ1n) is 10.6. The summed E-state index contributed by atoms with van der Waals surface area (Å²) in [5.74, 6) is 0.112. The number of esters is 2. The van der Waals surface area contributed by atoms with E-state index in [1.54, 1.807) is 0 Å². The van der Waals surface area contributed by atoms with Gasteiger partial charge >= 0.3 is 11.9 Å². The Kier molecular flexibility index (Phi) is 4.92. The highest BCUT2D eigenvalue weighted by atomic mass is 16.6. The molecule has 5 atom stereocenters. The van der Waals surface area contributed by atoms with Crippen LogP contribution in [0.15, 0.2) is 48.6 Å². The molecule has 0 unspecified atom stereocenters. The van der Waals surface area contributed by atoms with Gasteiger partial charge in [-0.25, -0.2) is 9.59 Å². The van der Waals surface area contributed by atoms with Crippen LogP contribution in [0.25, 0.3) is 0 Å². The molecule has 4 rings (SSSR count). The van der Waals surface area contributed by atoms with Gasteiger partial charge in [-0.3, -0.25) is 0 Å². The Morgan fingerprint density at radius 3 is 2.59 bits per heavy atom. The summed E-state index contributed by atoms with van der Waals surface area (Å²) in [6, 6.07) is 7.64. The van der Waals surface area contributed by atoms with Crippen LogP contribution in [0.4, 0.5) is 0 Å². The minimum atomic E-state index is -0.299. The highest BCUT2D eigenvalue weighted by Crippen LogP contribution is 2.57. The maximum Gasteiger partial charge on any atom is 0.338 e. The second kappa shape index (κ2) is 7.16. The summed E-state index contributed by atoms with van der Waals surface area (Å²) in [5, 5.41) is 0. The fourth-order valence-electron chi connectivity index (χ4n) is 5.37. The number of carbonyl (C=O) groups excluding carboxylic acids is 2. The topological polar surface area (TPSA) is 52.6 Å². The SMILES string of the molecule is C=C1C(=O)O[C@@H]2C[C@@]3(C)CC[C@@H](OC(=O)c4ccc(C(C)C)cc4)C(=C)[C@@H]3C[C@H]12. The van der Waals surface area contributed by atoms with Crippen LogP contribution in [0.2, 0.25) is 0 Å². The van der Waals surface area contributed by atoms with Crippen LogP contribution in [0.5, 0.6) is 0 Å². The van der Waals surface area contributed by atoms with Gasteiger partial charge in [-0.05, 0) is 66.2 Å². The number of hydrogen-bond acceptors (Lipinski definition) is 4. The molecule has 0 spiro atoms. The largest absolute Gasteiger partial charge is 0.458 e. The molecule has 154 valence electrons. The average Bonchev–Trinajstić information content (AvgIpc) is 2.95. The Morgan fingerprint density at radius 2 is 1.93 bits per heavy atom. The van der Waals surface area contributed by atoms with Crippen molar-refractivity contribution < 1.29 is 19.1 Å². The van der Waals surface area contributed by atoms with E-state index in [2.05, 4.69) is 33.9 Å². The summed E-state index contributed by atoms with van der Waals surface area (Å²) in [6.45, 7) is 14.8. The third-order valence-corrected chi connectivity index (χ3v) is 7.32. The lowest BCUT2D eigenvalue weighted by Gasteiger charge is -2.51. The lowest BCUT2D eigenvalue weighted by Crippen LogP contribution is -2.47. The number of ether oxygens (including phenoxy) is 2. The highest BCUT2D eigenvalue weighted by Gasteiger charge is 2.54. The number of benzene rings is 1. The standard InChI is InChI=1S/C25H30O4/c1-14(2)17-6-8-18(9-7-17)24(27)28-21-10-11-25(5)13-22-19(12-20(25)16(21)4)15(3)23(26)29-22/h6-9,14,19-22H,3-4,10-13H2,1-2,5H3/t19-,20+,21-,22-,25-/m1/s1. The zero-order valence-electron chi connectivity index (χ0n) is 17.6. The first-order chi connectivity index (χ1) is 13.7. The molecule has 4 heteroatoms. The van der Waals surface area contributed by atoms with E-state index >= 15 is 0 Å². The molecule has 1 heterocycles. The molecule has 0 amide bonds. The Morgan fingerprint density at radius 1 is 1.24 bits per heavy atom. The van der Waals surface area contributed by atoms with E-state index in [0.29, 0.717) is 17.1 Å². The molecule has 0 aromatic heterocycles. The van der Waals surface area contributed by atoms with Gasteiger partial charge < -0.3 is 9.47 Å². The van der Waals surface area contributed by atoms with Gasteiger partial charge in [-0.1, -0.05) is 46.1 Å². The van der Waals surface area contributed by atoms with E-state index in [0.717, 1.165) is 31.3 Å². The van der Waals surface area contributed by atoms with E-state index in [1.807, 2.05) is 24.3 Å². The molecule has 2 aliphatic carbocycles. The Bertz CT molecular complexity index is 865. The number of fused-ring (bicyclic) bond motifs is 2. The molecule has 1 aromatic rings. The molecule has 0 radical (unpaired) electrons. The third kappa shape index (κ3) is 3.43. The molecule has 2 saturated carbocycles. The highest BCUT2D eigenvalue weighted by molar-refractivity contribution is 5.91. The number of carbonyl (C=O) groups is 2. The second-order valence-electron chi connectivity index (χ2n) is 9.51. The predicted octanol–water partition coefficient (Wildman–Crippen LogP) is 5.20. The van der Waals surface area contributed by atoms with Crippen LogP contribution in [0.1, 0.15) is 68.3 Å². The second-order valence-corrected chi connectivity index (χ2v) is 9.51. The van der Waals surface area contributed by atoms with Crippen LogP contribution in [-0.4, -0.2) is 24.1 Å². The van der Waals surface area contributed by atoms with Gasteiger partial charge in [0.15, 0.2) is 0 Å². The van der Waals surface area contributed by atoms with Crippen molar-refractivity contribution in [2.75, 3.05) is 0 Å². The fourth-order valence-corrected chi connectivity index (χ4v) is 5.37. The number of hydrogen-bond donors (Lipinski definition) is 0. The van der Waals surface area contributed by atoms with E-state index in [-0.39, 0.29) is 41.4 Å². The normalized spacial score (nSPS) is 33.9. The smallest absolute Gasteiger partial charge is 0.338 e. The van der Waals surface area contributed by atoms with Gasteiger partial charge in [0.2, 0.25) is 0 Å². The van der Waals surface area contributed by atoms with E-state index in [1.165, 1.54) is 5.56 Å².